The standard InChI is InChI=1S/C16H20N2/c1-12-7-9-15(10-8-12)14(3)17-11-16-6-4-5-13(2)18-16/h4-10,14,17H,11H2,1-3H3/t14-/m0/s1. The molecular formula is C16H20N2. The minimum absolute atomic E-state index is 0.341. The zero-order valence-electron chi connectivity index (χ0n) is 11.3. The molecule has 0 unspecified atom stereocenters. The lowest BCUT2D eigenvalue weighted by Crippen LogP contribution is -2.18. The fraction of sp³-hybridized carbons (Fsp3) is 0.312. The molecule has 0 amide bonds. The van der Waals surface area contributed by atoms with E-state index in [0.29, 0.717) is 6.04 Å². The van der Waals surface area contributed by atoms with Crippen molar-refractivity contribution in [2.75, 3.05) is 0 Å². The molecule has 1 heterocycles. The smallest absolute Gasteiger partial charge is 0.0545 e. The highest BCUT2D eigenvalue weighted by atomic mass is 14.9. The van der Waals surface area contributed by atoms with Crippen LogP contribution >= 0.6 is 0 Å². The zero-order chi connectivity index (χ0) is 13.0. The second-order valence-corrected chi connectivity index (χ2v) is 4.78. The highest BCUT2D eigenvalue weighted by Crippen LogP contribution is 2.13. The Hall–Kier alpha value is -1.67. The van der Waals surface area contributed by atoms with Gasteiger partial charge in [-0.2, -0.15) is 0 Å². The van der Waals surface area contributed by atoms with Crippen LogP contribution in [0.2, 0.25) is 0 Å². The van der Waals surface area contributed by atoms with Crippen LogP contribution in [0.25, 0.3) is 0 Å². The topological polar surface area (TPSA) is 24.9 Å². The van der Waals surface area contributed by atoms with Crippen LogP contribution in [0, 0.1) is 13.8 Å². The van der Waals surface area contributed by atoms with Crippen LogP contribution < -0.4 is 5.32 Å². The van der Waals surface area contributed by atoms with E-state index in [9.17, 15) is 0 Å². The van der Waals surface area contributed by atoms with Crippen LogP contribution in [0.4, 0.5) is 0 Å². The number of nitrogens with zero attached hydrogens (tertiary/aromatic N) is 1. The molecule has 0 fully saturated rings. The van der Waals surface area contributed by atoms with E-state index in [-0.39, 0.29) is 0 Å². The van der Waals surface area contributed by atoms with E-state index >= 15 is 0 Å². The van der Waals surface area contributed by atoms with Gasteiger partial charge in [-0.25, -0.2) is 0 Å². The lowest BCUT2D eigenvalue weighted by atomic mass is 10.1. The Morgan fingerprint density at radius 2 is 1.78 bits per heavy atom. The Morgan fingerprint density at radius 3 is 2.44 bits per heavy atom. The van der Waals surface area contributed by atoms with Gasteiger partial charge >= 0.3 is 0 Å². The van der Waals surface area contributed by atoms with Crippen LogP contribution in [-0.4, -0.2) is 4.98 Å². The molecule has 18 heavy (non-hydrogen) atoms. The third kappa shape index (κ3) is 3.41. The lowest BCUT2D eigenvalue weighted by Gasteiger charge is -2.14. The Bertz CT molecular complexity index is 503. The van der Waals surface area contributed by atoms with E-state index in [2.05, 4.69) is 60.5 Å². The summed E-state index contributed by atoms with van der Waals surface area (Å²) in [5, 5.41) is 3.50. The van der Waals surface area contributed by atoms with Crippen molar-refractivity contribution in [1.29, 1.82) is 0 Å². The second kappa shape index (κ2) is 5.78. The van der Waals surface area contributed by atoms with Gasteiger partial charge in [-0.15, -0.1) is 0 Å². The lowest BCUT2D eigenvalue weighted by molar-refractivity contribution is 0.567. The maximum atomic E-state index is 4.49. The second-order valence-electron chi connectivity index (χ2n) is 4.78. The van der Waals surface area contributed by atoms with Crippen molar-refractivity contribution in [3.8, 4) is 0 Å². The predicted molar refractivity (Wildman–Crippen MR) is 75.4 cm³/mol. The van der Waals surface area contributed by atoms with Crippen molar-refractivity contribution in [3.63, 3.8) is 0 Å². The maximum Gasteiger partial charge on any atom is 0.0545 e. The quantitative estimate of drug-likeness (QED) is 0.884. The van der Waals surface area contributed by atoms with Gasteiger partial charge in [-0.1, -0.05) is 35.9 Å². The van der Waals surface area contributed by atoms with Crippen molar-refractivity contribution < 1.29 is 0 Å². The molecule has 2 nitrogen and oxygen atoms in total. The molecule has 0 saturated heterocycles. The molecule has 0 aliphatic rings. The minimum atomic E-state index is 0.341. The molecular weight excluding hydrogens is 220 g/mol. The van der Waals surface area contributed by atoms with Gasteiger partial charge in [0.1, 0.15) is 0 Å². The molecule has 0 aliphatic heterocycles. The summed E-state index contributed by atoms with van der Waals surface area (Å²) in [6, 6.07) is 15.1. The third-order valence-corrected chi connectivity index (χ3v) is 3.11. The summed E-state index contributed by atoms with van der Waals surface area (Å²) < 4.78 is 0. The average Bonchev–Trinajstić information content (AvgIpc) is 2.37. The normalized spacial score (nSPS) is 12.4. The molecule has 0 saturated carbocycles. The molecule has 2 aromatic rings. The summed E-state index contributed by atoms with van der Waals surface area (Å²) in [4.78, 5) is 4.49. The number of nitrogens with one attached hydrogen (secondary N) is 1. The van der Waals surface area contributed by atoms with Gasteiger partial charge in [-0.3, -0.25) is 4.98 Å². The molecule has 1 N–H and O–H groups in total. The molecule has 0 aliphatic carbocycles. The number of aromatic nitrogens is 1. The monoisotopic (exact) mass is 240 g/mol. The average molecular weight is 240 g/mol. The van der Waals surface area contributed by atoms with Crippen molar-refractivity contribution in [3.05, 3.63) is 65.0 Å². The highest BCUT2D eigenvalue weighted by Gasteiger charge is 2.04. The van der Waals surface area contributed by atoms with Gasteiger partial charge in [-0.05, 0) is 38.5 Å². The molecule has 0 spiro atoms. The maximum absolute atomic E-state index is 4.49. The van der Waals surface area contributed by atoms with Crippen LogP contribution in [0.3, 0.4) is 0 Å². The number of hydrogen-bond donors (Lipinski definition) is 1. The van der Waals surface area contributed by atoms with E-state index in [1.54, 1.807) is 0 Å². The van der Waals surface area contributed by atoms with E-state index in [4.69, 9.17) is 0 Å². The van der Waals surface area contributed by atoms with Crippen LogP contribution in [0.1, 0.15) is 35.5 Å². The molecule has 94 valence electrons. The molecule has 1 aromatic heterocycles. The summed E-state index contributed by atoms with van der Waals surface area (Å²) in [6.45, 7) is 7.11. The first-order valence-electron chi connectivity index (χ1n) is 6.37. The van der Waals surface area contributed by atoms with Gasteiger partial charge in [0.25, 0.3) is 0 Å². The van der Waals surface area contributed by atoms with E-state index in [0.717, 1.165) is 17.9 Å². The molecule has 2 heteroatoms. The Balaban J connectivity index is 1.96. The number of rotatable bonds is 4. The van der Waals surface area contributed by atoms with Crippen LogP contribution in [0.15, 0.2) is 42.5 Å². The van der Waals surface area contributed by atoms with Crippen molar-refractivity contribution in [2.24, 2.45) is 0 Å². The first-order chi connectivity index (χ1) is 8.65. The van der Waals surface area contributed by atoms with E-state index in [1.165, 1.54) is 11.1 Å². The van der Waals surface area contributed by atoms with Gasteiger partial charge in [0.15, 0.2) is 0 Å². The summed E-state index contributed by atoms with van der Waals surface area (Å²) in [6.07, 6.45) is 0. The van der Waals surface area contributed by atoms with Crippen LogP contribution in [-0.2, 0) is 6.54 Å². The summed E-state index contributed by atoms with van der Waals surface area (Å²) in [5.74, 6) is 0. The molecule has 0 radical (unpaired) electrons. The van der Waals surface area contributed by atoms with Crippen molar-refractivity contribution in [1.82, 2.24) is 10.3 Å². The minimum Gasteiger partial charge on any atom is -0.305 e. The van der Waals surface area contributed by atoms with Crippen LogP contribution in [0.5, 0.6) is 0 Å². The molecule has 0 bridgehead atoms. The van der Waals surface area contributed by atoms with Gasteiger partial charge in [0, 0.05) is 18.3 Å². The van der Waals surface area contributed by atoms with E-state index < -0.39 is 0 Å². The third-order valence-electron chi connectivity index (χ3n) is 3.11. The summed E-state index contributed by atoms with van der Waals surface area (Å²) >= 11 is 0. The number of pyridine rings is 1. The Labute approximate surface area is 109 Å². The first kappa shape index (κ1) is 12.8. The molecule has 2 rings (SSSR count). The Kier molecular flexibility index (Phi) is 4.11. The fourth-order valence-corrected chi connectivity index (χ4v) is 1.93. The fourth-order valence-electron chi connectivity index (χ4n) is 1.93. The van der Waals surface area contributed by atoms with Crippen molar-refractivity contribution >= 4 is 0 Å². The predicted octanol–water partition coefficient (Wildman–Crippen LogP) is 3.55. The number of aryl methyl sites for hydroxylation is 2. The summed E-state index contributed by atoms with van der Waals surface area (Å²) in [7, 11) is 0. The van der Waals surface area contributed by atoms with Gasteiger partial charge in [0.05, 0.1) is 5.69 Å². The number of hydrogen-bond acceptors (Lipinski definition) is 2. The molecule has 1 aromatic carbocycles. The zero-order valence-corrected chi connectivity index (χ0v) is 11.3. The Morgan fingerprint density at radius 1 is 1.06 bits per heavy atom. The van der Waals surface area contributed by atoms with Crippen molar-refractivity contribution in [2.45, 2.75) is 33.4 Å². The largest absolute Gasteiger partial charge is 0.305 e. The van der Waals surface area contributed by atoms with E-state index in [1.807, 2.05) is 13.0 Å². The SMILES string of the molecule is Cc1ccc([C@H](C)NCc2cccc(C)n2)cc1. The van der Waals surface area contributed by atoms with Gasteiger partial charge in [0.2, 0.25) is 0 Å². The summed E-state index contributed by atoms with van der Waals surface area (Å²) in [5.41, 5.74) is 4.77. The first-order valence-corrected chi connectivity index (χ1v) is 6.37. The number of benzene rings is 1. The van der Waals surface area contributed by atoms with Gasteiger partial charge < -0.3 is 5.32 Å². The molecule has 1 atom stereocenters. The highest BCUT2D eigenvalue weighted by molar-refractivity contribution is 5.23.